The summed E-state index contributed by atoms with van der Waals surface area (Å²) in [5.41, 5.74) is 0. The van der Waals surface area contributed by atoms with Crippen molar-refractivity contribution in [3.63, 3.8) is 0 Å². The molecule has 0 saturated carbocycles. The van der Waals surface area contributed by atoms with Crippen molar-refractivity contribution >= 4 is 18.0 Å². The molecule has 2 amide bonds. The van der Waals surface area contributed by atoms with Gasteiger partial charge in [0.1, 0.15) is 6.54 Å². The van der Waals surface area contributed by atoms with Gasteiger partial charge in [0.25, 0.3) is 0 Å². The van der Waals surface area contributed by atoms with Crippen molar-refractivity contribution < 1.29 is 19.1 Å². The van der Waals surface area contributed by atoms with Gasteiger partial charge in [0, 0.05) is 6.92 Å². The molecular weight excluding hydrogens is 192 g/mol. The summed E-state index contributed by atoms with van der Waals surface area (Å²) in [6.07, 6.45) is 0. The standard InChI is InChI=1S/C6H8N4O4/c1-3-9-10-6(14-3)8-5(13)7-2-4(11)12/h2H2,1H3,(H,11,12)(H2,7,8,10,13). The van der Waals surface area contributed by atoms with E-state index in [0.717, 1.165) is 0 Å². The molecule has 1 heterocycles. The van der Waals surface area contributed by atoms with Gasteiger partial charge in [-0.25, -0.2) is 4.79 Å². The molecule has 0 bridgehead atoms. The molecule has 76 valence electrons. The second-order valence-electron chi connectivity index (χ2n) is 2.33. The maximum absolute atomic E-state index is 10.9. The minimum atomic E-state index is -1.14. The summed E-state index contributed by atoms with van der Waals surface area (Å²) in [5.74, 6) is -0.833. The van der Waals surface area contributed by atoms with Crippen LogP contribution in [-0.4, -0.2) is 33.8 Å². The molecule has 1 aromatic rings. The predicted octanol–water partition coefficient (Wildman–Crippen LogP) is -0.416. The second-order valence-corrected chi connectivity index (χ2v) is 2.33. The van der Waals surface area contributed by atoms with Crippen LogP contribution in [-0.2, 0) is 4.79 Å². The lowest BCUT2D eigenvalue weighted by atomic mass is 10.6. The number of carbonyl (C=O) groups excluding carboxylic acids is 1. The van der Waals surface area contributed by atoms with Gasteiger partial charge in [-0.1, -0.05) is 5.10 Å². The molecule has 0 atom stereocenters. The summed E-state index contributed by atoms with van der Waals surface area (Å²) in [6, 6.07) is -0.790. The SMILES string of the molecule is Cc1nnc(NC(=O)NCC(=O)O)o1. The number of anilines is 1. The molecule has 0 aromatic carbocycles. The molecule has 0 unspecified atom stereocenters. The Morgan fingerprint density at radius 3 is 2.71 bits per heavy atom. The molecule has 1 rings (SSSR count). The zero-order valence-corrected chi connectivity index (χ0v) is 7.27. The number of hydrogen-bond acceptors (Lipinski definition) is 5. The van der Waals surface area contributed by atoms with Crippen LogP contribution in [0.3, 0.4) is 0 Å². The number of carboxylic acid groups (broad SMARTS) is 1. The third kappa shape index (κ3) is 3.09. The van der Waals surface area contributed by atoms with Crippen molar-refractivity contribution in [2.75, 3.05) is 11.9 Å². The van der Waals surface area contributed by atoms with Crippen LogP contribution < -0.4 is 10.6 Å². The van der Waals surface area contributed by atoms with Crippen molar-refractivity contribution in [2.24, 2.45) is 0 Å². The quantitative estimate of drug-likeness (QED) is 0.610. The number of nitrogens with one attached hydrogen (secondary N) is 2. The fourth-order valence-corrected chi connectivity index (χ4v) is 0.644. The highest BCUT2D eigenvalue weighted by Crippen LogP contribution is 2.02. The van der Waals surface area contributed by atoms with Gasteiger partial charge in [0.2, 0.25) is 5.89 Å². The molecule has 0 fully saturated rings. The number of carboxylic acids is 1. The van der Waals surface area contributed by atoms with Crippen molar-refractivity contribution in [3.05, 3.63) is 5.89 Å². The highest BCUT2D eigenvalue weighted by molar-refractivity contribution is 5.89. The van der Waals surface area contributed by atoms with E-state index in [1.165, 1.54) is 0 Å². The first-order valence-electron chi connectivity index (χ1n) is 3.64. The summed E-state index contributed by atoms with van der Waals surface area (Å²) >= 11 is 0. The first-order chi connectivity index (χ1) is 6.58. The number of amides is 2. The molecule has 0 aliphatic rings. The Morgan fingerprint density at radius 2 is 2.21 bits per heavy atom. The summed E-state index contributed by atoms with van der Waals surface area (Å²) in [7, 11) is 0. The van der Waals surface area contributed by atoms with Crippen molar-refractivity contribution in [1.29, 1.82) is 0 Å². The van der Waals surface area contributed by atoms with E-state index in [0.29, 0.717) is 5.89 Å². The molecule has 0 saturated heterocycles. The number of carbonyl (C=O) groups is 2. The van der Waals surface area contributed by atoms with Crippen LogP contribution >= 0.6 is 0 Å². The summed E-state index contributed by atoms with van der Waals surface area (Å²) < 4.78 is 4.82. The third-order valence-electron chi connectivity index (χ3n) is 1.15. The Bertz CT molecular complexity index is 347. The van der Waals surface area contributed by atoms with Gasteiger partial charge in [-0.15, -0.1) is 5.10 Å². The van der Waals surface area contributed by atoms with E-state index in [-0.39, 0.29) is 6.01 Å². The normalized spacial score (nSPS) is 9.50. The number of nitrogens with zero attached hydrogens (tertiary/aromatic N) is 2. The summed E-state index contributed by atoms with van der Waals surface area (Å²) in [5, 5.41) is 19.4. The molecule has 0 radical (unpaired) electrons. The van der Waals surface area contributed by atoms with Crippen LogP contribution in [0.4, 0.5) is 10.8 Å². The Morgan fingerprint density at radius 1 is 1.50 bits per heavy atom. The fraction of sp³-hybridized carbons (Fsp3) is 0.333. The Hall–Kier alpha value is -2.12. The minimum absolute atomic E-state index is 0.0783. The van der Waals surface area contributed by atoms with E-state index < -0.39 is 18.5 Å². The lowest BCUT2D eigenvalue weighted by Gasteiger charge is -1.99. The molecule has 0 aliphatic heterocycles. The average molecular weight is 200 g/mol. The van der Waals surface area contributed by atoms with Crippen LogP contribution in [0.25, 0.3) is 0 Å². The summed E-state index contributed by atoms with van der Waals surface area (Å²) in [4.78, 5) is 21.0. The maximum atomic E-state index is 10.9. The highest BCUT2D eigenvalue weighted by Gasteiger charge is 2.07. The van der Waals surface area contributed by atoms with Crippen LogP contribution in [0.1, 0.15) is 5.89 Å². The van der Waals surface area contributed by atoms with Gasteiger partial charge in [-0.2, -0.15) is 0 Å². The number of aliphatic carboxylic acids is 1. The molecule has 14 heavy (non-hydrogen) atoms. The number of hydrogen-bond donors (Lipinski definition) is 3. The largest absolute Gasteiger partial charge is 0.480 e. The first-order valence-corrected chi connectivity index (χ1v) is 3.64. The Balaban J connectivity index is 2.37. The van der Waals surface area contributed by atoms with E-state index in [2.05, 4.69) is 20.8 Å². The number of rotatable bonds is 3. The van der Waals surface area contributed by atoms with Gasteiger partial charge in [-0.05, 0) is 0 Å². The lowest BCUT2D eigenvalue weighted by Crippen LogP contribution is -2.33. The van der Waals surface area contributed by atoms with E-state index in [1.807, 2.05) is 0 Å². The van der Waals surface area contributed by atoms with Crippen LogP contribution in [0.5, 0.6) is 0 Å². The van der Waals surface area contributed by atoms with Gasteiger partial charge in [0.15, 0.2) is 0 Å². The van der Waals surface area contributed by atoms with Gasteiger partial charge in [0.05, 0.1) is 0 Å². The Labute approximate surface area is 78.3 Å². The monoisotopic (exact) mass is 200 g/mol. The number of aromatic nitrogens is 2. The minimum Gasteiger partial charge on any atom is -0.480 e. The molecular formula is C6H8N4O4. The third-order valence-corrected chi connectivity index (χ3v) is 1.15. The van der Waals surface area contributed by atoms with E-state index >= 15 is 0 Å². The topological polar surface area (TPSA) is 117 Å². The molecule has 3 N–H and O–H groups in total. The van der Waals surface area contributed by atoms with Gasteiger partial charge in [-0.3, -0.25) is 10.1 Å². The average Bonchev–Trinajstić information content (AvgIpc) is 2.48. The number of urea groups is 1. The van der Waals surface area contributed by atoms with Gasteiger partial charge >= 0.3 is 18.0 Å². The molecule has 8 heteroatoms. The first kappa shape index (κ1) is 9.96. The maximum Gasteiger partial charge on any atom is 0.323 e. The lowest BCUT2D eigenvalue weighted by molar-refractivity contribution is -0.135. The molecule has 0 spiro atoms. The number of aryl methyl sites for hydroxylation is 1. The second kappa shape index (κ2) is 4.21. The van der Waals surface area contributed by atoms with Crippen LogP contribution in [0.2, 0.25) is 0 Å². The zero-order chi connectivity index (χ0) is 10.6. The van der Waals surface area contributed by atoms with Crippen LogP contribution in [0.15, 0.2) is 4.42 Å². The summed E-state index contributed by atoms with van der Waals surface area (Å²) in [6.45, 7) is 1.09. The van der Waals surface area contributed by atoms with E-state index in [4.69, 9.17) is 9.52 Å². The molecule has 8 nitrogen and oxygen atoms in total. The van der Waals surface area contributed by atoms with Gasteiger partial charge < -0.3 is 14.8 Å². The molecule has 0 aliphatic carbocycles. The smallest absolute Gasteiger partial charge is 0.323 e. The predicted molar refractivity (Wildman–Crippen MR) is 43.7 cm³/mol. The van der Waals surface area contributed by atoms with Crippen molar-refractivity contribution in [2.45, 2.75) is 6.92 Å². The highest BCUT2D eigenvalue weighted by atomic mass is 16.4. The Kier molecular flexibility index (Phi) is 3.00. The fourth-order valence-electron chi connectivity index (χ4n) is 0.644. The van der Waals surface area contributed by atoms with Crippen molar-refractivity contribution in [1.82, 2.24) is 15.5 Å². The van der Waals surface area contributed by atoms with Crippen molar-refractivity contribution in [3.8, 4) is 0 Å². The van der Waals surface area contributed by atoms with E-state index in [1.54, 1.807) is 6.92 Å². The zero-order valence-electron chi connectivity index (χ0n) is 7.27. The van der Waals surface area contributed by atoms with Crippen LogP contribution in [0, 0.1) is 6.92 Å². The van der Waals surface area contributed by atoms with E-state index in [9.17, 15) is 9.59 Å². The molecule has 1 aromatic heterocycles.